The smallest absolute Gasteiger partial charge is 0.225 e. The third-order valence-electron chi connectivity index (χ3n) is 4.53. The number of likely N-dealkylation sites (tertiary alicyclic amines) is 1. The quantitative estimate of drug-likeness (QED) is 0.828. The van der Waals surface area contributed by atoms with Crippen molar-refractivity contribution >= 4 is 17.1 Å². The molecule has 24 heavy (non-hydrogen) atoms. The third kappa shape index (κ3) is 3.26. The van der Waals surface area contributed by atoms with Gasteiger partial charge in [0, 0.05) is 43.9 Å². The normalized spacial score (nSPS) is 18.2. The van der Waals surface area contributed by atoms with Crippen LogP contribution in [0.25, 0.3) is 11.2 Å². The Morgan fingerprint density at radius 3 is 2.79 bits per heavy atom. The number of fused-ring (bicyclic) bond motifs is 1. The highest BCUT2D eigenvalue weighted by molar-refractivity contribution is 5.79. The second-order valence-electron chi connectivity index (χ2n) is 7.06. The molecule has 2 aromatic heterocycles. The highest BCUT2D eigenvalue weighted by Crippen LogP contribution is 2.30. The summed E-state index contributed by atoms with van der Waals surface area (Å²) >= 11 is 0. The van der Waals surface area contributed by atoms with Crippen molar-refractivity contribution in [3.63, 3.8) is 0 Å². The van der Waals surface area contributed by atoms with Gasteiger partial charge in [0.1, 0.15) is 5.52 Å². The first-order chi connectivity index (χ1) is 11.5. The third-order valence-corrected chi connectivity index (χ3v) is 4.53. The summed E-state index contributed by atoms with van der Waals surface area (Å²) in [5.74, 6) is 0.505. The van der Waals surface area contributed by atoms with E-state index < -0.39 is 0 Å². The molecule has 3 heterocycles. The number of carbonyl (C=O) groups excluding carboxylic acids is 1. The maximum absolute atomic E-state index is 12.2. The van der Waals surface area contributed by atoms with E-state index in [1.807, 2.05) is 37.5 Å². The van der Waals surface area contributed by atoms with Crippen molar-refractivity contribution < 1.29 is 4.79 Å². The SMILES string of the molecule is CC(C)C(=O)N1CCC(c2nn(CCN(C)C)c3nccnc23)C1. The van der Waals surface area contributed by atoms with Crippen LogP contribution in [0, 0.1) is 5.92 Å². The molecule has 130 valence electrons. The lowest BCUT2D eigenvalue weighted by molar-refractivity contribution is -0.133. The number of rotatable bonds is 5. The van der Waals surface area contributed by atoms with Gasteiger partial charge < -0.3 is 9.80 Å². The van der Waals surface area contributed by atoms with Gasteiger partial charge in [0.05, 0.1) is 12.2 Å². The fraction of sp³-hybridized carbons (Fsp3) is 0.647. The topological polar surface area (TPSA) is 67.2 Å². The molecule has 1 aliphatic heterocycles. The molecule has 1 unspecified atom stereocenters. The van der Waals surface area contributed by atoms with E-state index >= 15 is 0 Å². The van der Waals surface area contributed by atoms with E-state index in [-0.39, 0.29) is 17.7 Å². The number of carbonyl (C=O) groups is 1. The zero-order chi connectivity index (χ0) is 17.3. The number of nitrogens with zero attached hydrogens (tertiary/aromatic N) is 6. The molecular weight excluding hydrogens is 304 g/mol. The Labute approximate surface area is 142 Å². The number of hydrogen-bond donors (Lipinski definition) is 0. The molecule has 3 rings (SSSR count). The van der Waals surface area contributed by atoms with Gasteiger partial charge in [-0.2, -0.15) is 5.10 Å². The molecule has 1 aliphatic rings. The van der Waals surface area contributed by atoms with E-state index in [1.165, 1.54) is 0 Å². The fourth-order valence-electron chi connectivity index (χ4n) is 3.20. The second-order valence-corrected chi connectivity index (χ2v) is 7.06. The van der Waals surface area contributed by atoms with E-state index in [9.17, 15) is 4.79 Å². The van der Waals surface area contributed by atoms with Crippen LogP contribution in [-0.4, -0.2) is 69.2 Å². The molecule has 0 aliphatic carbocycles. The van der Waals surface area contributed by atoms with E-state index in [0.717, 1.165) is 49.5 Å². The van der Waals surface area contributed by atoms with Gasteiger partial charge in [-0.1, -0.05) is 13.8 Å². The first kappa shape index (κ1) is 16.8. The molecule has 1 amide bonds. The fourth-order valence-corrected chi connectivity index (χ4v) is 3.20. The molecule has 0 bridgehead atoms. The van der Waals surface area contributed by atoms with E-state index in [1.54, 1.807) is 12.4 Å². The Balaban J connectivity index is 1.86. The molecular formula is C17H26N6O. The molecule has 0 radical (unpaired) electrons. The lowest BCUT2D eigenvalue weighted by Crippen LogP contribution is -2.32. The minimum atomic E-state index is 0.0398. The van der Waals surface area contributed by atoms with Gasteiger partial charge in [0.15, 0.2) is 5.65 Å². The lowest BCUT2D eigenvalue weighted by Gasteiger charge is -2.18. The molecule has 7 heteroatoms. The van der Waals surface area contributed by atoms with Crippen molar-refractivity contribution in [3.8, 4) is 0 Å². The summed E-state index contributed by atoms with van der Waals surface area (Å²) in [6.45, 7) is 7.11. The molecule has 0 saturated carbocycles. The summed E-state index contributed by atoms with van der Waals surface area (Å²) in [4.78, 5) is 25.3. The van der Waals surface area contributed by atoms with Crippen LogP contribution in [0.15, 0.2) is 12.4 Å². The molecule has 0 N–H and O–H groups in total. The summed E-state index contributed by atoms with van der Waals surface area (Å²) in [6.07, 6.45) is 4.37. The number of likely N-dealkylation sites (N-methyl/N-ethyl adjacent to an activating group) is 1. The van der Waals surface area contributed by atoms with E-state index in [0.29, 0.717) is 0 Å². The summed E-state index contributed by atoms with van der Waals surface area (Å²) < 4.78 is 1.95. The van der Waals surface area contributed by atoms with Crippen LogP contribution >= 0.6 is 0 Å². The number of aromatic nitrogens is 4. The second kappa shape index (κ2) is 6.84. The van der Waals surface area contributed by atoms with Crippen molar-refractivity contribution in [2.45, 2.75) is 32.7 Å². The summed E-state index contributed by atoms with van der Waals surface area (Å²) in [7, 11) is 4.09. The molecule has 0 aromatic carbocycles. The minimum Gasteiger partial charge on any atom is -0.342 e. The van der Waals surface area contributed by atoms with Gasteiger partial charge in [-0.3, -0.25) is 4.79 Å². The van der Waals surface area contributed by atoms with Crippen LogP contribution in [0.1, 0.15) is 31.9 Å². The minimum absolute atomic E-state index is 0.0398. The van der Waals surface area contributed by atoms with Gasteiger partial charge >= 0.3 is 0 Å². The maximum atomic E-state index is 12.2. The molecule has 1 fully saturated rings. The van der Waals surface area contributed by atoms with Gasteiger partial charge in [-0.05, 0) is 20.5 Å². The summed E-state index contributed by atoms with van der Waals surface area (Å²) in [5.41, 5.74) is 2.69. The molecule has 1 atom stereocenters. The van der Waals surface area contributed by atoms with Gasteiger partial charge in [-0.25, -0.2) is 14.6 Å². The highest BCUT2D eigenvalue weighted by Gasteiger charge is 2.32. The molecule has 7 nitrogen and oxygen atoms in total. The largest absolute Gasteiger partial charge is 0.342 e. The highest BCUT2D eigenvalue weighted by atomic mass is 16.2. The predicted molar refractivity (Wildman–Crippen MR) is 92.7 cm³/mol. The number of amides is 1. The molecule has 0 spiro atoms. The van der Waals surface area contributed by atoms with Crippen LogP contribution in [0.3, 0.4) is 0 Å². The van der Waals surface area contributed by atoms with Crippen molar-refractivity contribution in [3.05, 3.63) is 18.1 Å². The summed E-state index contributed by atoms with van der Waals surface area (Å²) in [6, 6.07) is 0. The Kier molecular flexibility index (Phi) is 4.80. The van der Waals surface area contributed by atoms with Crippen LogP contribution in [0.4, 0.5) is 0 Å². The Hall–Kier alpha value is -2.02. The summed E-state index contributed by atoms with van der Waals surface area (Å²) in [5, 5.41) is 4.81. The number of hydrogen-bond acceptors (Lipinski definition) is 5. The average molecular weight is 330 g/mol. The van der Waals surface area contributed by atoms with E-state index in [4.69, 9.17) is 5.10 Å². The monoisotopic (exact) mass is 330 g/mol. The van der Waals surface area contributed by atoms with Crippen LogP contribution < -0.4 is 0 Å². The Bertz CT molecular complexity index is 723. The standard InChI is InChI=1S/C17H26N6O/c1-12(2)17(24)22-8-5-13(11-22)14-15-16(19-7-6-18-15)23(20-14)10-9-21(3)4/h6-7,12-13H,5,8-11H2,1-4H3. The van der Waals surface area contributed by atoms with Crippen molar-refractivity contribution in [1.29, 1.82) is 0 Å². The van der Waals surface area contributed by atoms with E-state index in [2.05, 4.69) is 14.9 Å². The average Bonchev–Trinajstić information content (AvgIpc) is 3.17. The van der Waals surface area contributed by atoms with Crippen LogP contribution in [0.2, 0.25) is 0 Å². The molecule has 2 aromatic rings. The van der Waals surface area contributed by atoms with Gasteiger partial charge in [0.2, 0.25) is 5.91 Å². The van der Waals surface area contributed by atoms with Crippen LogP contribution in [0.5, 0.6) is 0 Å². The Morgan fingerprint density at radius 2 is 2.08 bits per heavy atom. The Morgan fingerprint density at radius 1 is 1.33 bits per heavy atom. The first-order valence-corrected chi connectivity index (χ1v) is 8.58. The lowest BCUT2D eigenvalue weighted by atomic mass is 10.0. The zero-order valence-corrected chi connectivity index (χ0v) is 14.9. The van der Waals surface area contributed by atoms with Gasteiger partial charge in [-0.15, -0.1) is 0 Å². The first-order valence-electron chi connectivity index (χ1n) is 8.58. The van der Waals surface area contributed by atoms with Crippen molar-refractivity contribution in [1.82, 2.24) is 29.5 Å². The van der Waals surface area contributed by atoms with Gasteiger partial charge in [0.25, 0.3) is 0 Å². The predicted octanol–water partition coefficient (Wildman–Crippen LogP) is 1.36. The molecule has 1 saturated heterocycles. The maximum Gasteiger partial charge on any atom is 0.225 e. The van der Waals surface area contributed by atoms with Crippen molar-refractivity contribution in [2.75, 3.05) is 33.7 Å². The van der Waals surface area contributed by atoms with Crippen molar-refractivity contribution in [2.24, 2.45) is 5.92 Å². The van der Waals surface area contributed by atoms with Crippen LogP contribution in [-0.2, 0) is 11.3 Å². The zero-order valence-electron chi connectivity index (χ0n) is 14.9.